The van der Waals surface area contributed by atoms with Crippen molar-refractivity contribution in [3.63, 3.8) is 0 Å². The lowest BCUT2D eigenvalue weighted by Crippen LogP contribution is -2.43. The molecule has 4 rings (SSSR count). The molecular formula is C21H23N3O3S. The van der Waals surface area contributed by atoms with Crippen molar-refractivity contribution >= 4 is 28.8 Å². The molecule has 28 heavy (non-hydrogen) atoms. The van der Waals surface area contributed by atoms with Crippen molar-refractivity contribution < 1.29 is 13.9 Å². The Morgan fingerprint density at radius 3 is 2.64 bits per heavy atom. The minimum Gasteiger partial charge on any atom is -0.431 e. The van der Waals surface area contributed by atoms with Gasteiger partial charge in [0.05, 0.1) is 25.0 Å². The summed E-state index contributed by atoms with van der Waals surface area (Å²) < 4.78 is 11.1. The Kier molecular flexibility index (Phi) is 6.26. The number of hydrogen-bond acceptors (Lipinski definition) is 6. The number of rotatable bonds is 7. The van der Waals surface area contributed by atoms with E-state index in [2.05, 4.69) is 27.3 Å². The van der Waals surface area contributed by atoms with Gasteiger partial charge < -0.3 is 14.5 Å². The van der Waals surface area contributed by atoms with Crippen LogP contribution in [0, 0.1) is 0 Å². The van der Waals surface area contributed by atoms with Crippen molar-refractivity contribution in [2.45, 2.75) is 11.3 Å². The standard InChI is InChI=1S/C21H23N3O3S/c25-20(15-28-21-23-17-8-4-5-9-19(17)27-21)22-18(16-6-2-1-3-7-16)14-24-10-12-26-13-11-24/h1-9,18H,10-15H2,(H,22,25)/t18-/m1/s1. The first-order valence-corrected chi connectivity index (χ1v) is 10.4. The number of aromatic nitrogens is 1. The Morgan fingerprint density at radius 2 is 1.86 bits per heavy atom. The van der Waals surface area contributed by atoms with Gasteiger partial charge in [-0.1, -0.05) is 54.2 Å². The molecule has 1 aromatic heterocycles. The minimum absolute atomic E-state index is 0.0330. The fourth-order valence-electron chi connectivity index (χ4n) is 3.24. The van der Waals surface area contributed by atoms with Crippen molar-refractivity contribution in [1.29, 1.82) is 0 Å². The van der Waals surface area contributed by atoms with Gasteiger partial charge >= 0.3 is 0 Å². The number of ether oxygens (including phenoxy) is 1. The van der Waals surface area contributed by atoms with Crippen molar-refractivity contribution in [1.82, 2.24) is 15.2 Å². The van der Waals surface area contributed by atoms with E-state index in [0.29, 0.717) is 5.22 Å². The lowest BCUT2D eigenvalue weighted by atomic mass is 10.1. The molecule has 1 amide bonds. The lowest BCUT2D eigenvalue weighted by molar-refractivity contribution is -0.119. The normalized spacial score (nSPS) is 16.1. The molecule has 7 heteroatoms. The minimum atomic E-state index is -0.0592. The van der Waals surface area contributed by atoms with E-state index in [1.54, 1.807) is 0 Å². The number of amides is 1. The van der Waals surface area contributed by atoms with Crippen molar-refractivity contribution in [2.24, 2.45) is 0 Å². The van der Waals surface area contributed by atoms with Crippen molar-refractivity contribution in [2.75, 3.05) is 38.6 Å². The van der Waals surface area contributed by atoms with E-state index in [4.69, 9.17) is 9.15 Å². The Morgan fingerprint density at radius 1 is 1.11 bits per heavy atom. The summed E-state index contributed by atoms with van der Waals surface area (Å²) in [4.78, 5) is 19.4. The Balaban J connectivity index is 1.38. The van der Waals surface area contributed by atoms with Gasteiger partial charge in [0.15, 0.2) is 5.58 Å². The molecule has 1 aliphatic heterocycles. The Bertz CT molecular complexity index is 876. The molecule has 1 N–H and O–H groups in total. The molecule has 2 aromatic carbocycles. The number of nitrogens with one attached hydrogen (secondary N) is 1. The molecule has 0 radical (unpaired) electrons. The van der Waals surface area contributed by atoms with Gasteiger partial charge in [0.2, 0.25) is 5.91 Å². The number of fused-ring (bicyclic) bond motifs is 1. The van der Waals surface area contributed by atoms with Crippen LogP contribution in [0.2, 0.25) is 0 Å². The Hall–Kier alpha value is -2.35. The molecule has 1 atom stereocenters. The second-order valence-electron chi connectivity index (χ2n) is 6.68. The SMILES string of the molecule is O=C(CSc1nc2ccccc2o1)N[C@H](CN1CCOCC1)c1ccccc1. The number of hydrogen-bond donors (Lipinski definition) is 1. The number of benzene rings is 2. The first-order valence-electron chi connectivity index (χ1n) is 9.41. The summed E-state index contributed by atoms with van der Waals surface area (Å²) in [6.45, 7) is 4.02. The molecule has 0 bridgehead atoms. The van der Waals surface area contributed by atoms with E-state index in [-0.39, 0.29) is 17.7 Å². The van der Waals surface area contributed by atoms with E-state index < -0.39 is 0 Å². The average Bonchev–Trinajstić information content (AvgIpc) is 3.16. The molecule has 1 aliphatic rings. The maximum atomic E-state index is 12.6. The average molecular weight is 398 g/mol. The fraction of sp³-hybridized carbons (Fsp3) is 0.333. The number of thioether (sulfide) groups is 1. The maximum Gasteiger partial charge on any atom is 0.257 e. The van der Waals surface area contributed by atoms with Crippen LogP contribution in [0.25, 0.3) is 11.1 Å². The molecule has 1 saturated heterocycles. The van der Waals surface area contributed by atoms with E-state index in [1.165, 1.54) is 11.8 Å². The third kappa shape index (κ3) is 4.92. The summed E-state index contributed by atoms with van der Waals surface area (Å²) >= 11 is 1.31. The van der Waals surface area contributed by atoms with Crippen LogP contribution in [0.15, 0.2) is 64.2 Å². The summed E-state index contributed by atoms with van der Waals surface area (Å²) in [6.07, 6.45) is 0. The molecule has 0 spiro atoms. The third-order valence-corrected chi connectivity index (χ3v) is 5.51. The van der Waals surface area contributed by atoms with Crippen molar-refractivity contribution in [3.8, 4) is 0 Å². The quantitative estimate of drug-likeness (QED) is 0.618. The van der Waals surface area contributed by atoms with Crippen LogP contribution < -0.4 is 5.32 Å². The lowest BCUT2D eigenvalue weighted by Gasteiger charge is -2.31. The number of oxazole rings is 1. The predicted octanol–water partition coefficient (Wildman–Crippen LogP) is 3.11. The molecule has 2 heterocycles. The summed E-state index contributed by atoms with van der Waals surface area (Å²) in [6, 6.07) is 17.6. The summed E-state index contributed by atoms with van der Waals surface area (Å²) in [5.41, 5.74) is 2.65. The highest BCUT2D eigenvalue weighted by molar-refractivity contribution is 7.99. The van der Waals surface area contributed by atoms with Crippen LogP contribution in [0.3, 0.4) is 0 Å². The van der Waals surface area contributed by atoms with Crippen LogP contribution in [0.1, 0.15) is 11.6 Å². The molecule has 0 saturated carbocycles. The largest absolute Gasteiger partial charge is 0.431 e. The second-order valence-corrected chi connectivity index (χ2v) is 7.61. The van der Waals surface area contributed by atoms with Gasteiger partial charge in [-0.15, -0.1) is 0 Å². The highest BCUT2D eigenvalue weighted by Crippen LogP contribution is 2.23. The van der Waals surface area contributed by atoms with Crippen LogP contribution in [-0.4, -0.2) is 54.4 Å². The van der Waals surface area contributed by atoms with Gasteiger partial charge in [-0.2, -0.15) is 0 Å². The number of nitrogens with zero attached hydrogens (tertiary/aromatic N) is 2. The number of para-hydroxylation sites is 2. The monoisotopic (exact) mass is 397 g/mol. The van der Waals surface area contributed by atoms with Gasteiger partial charge in [0, 0.05) is 19.6 Å². The zero-order valence-electron chi connectivity index (χ0n) is 15.5. The van der Waals surface area contributed by atoms with Crippen molar-refractivity contribution in [3.05, 3.63) is 60.2 Å². The molecule has 0 aliphatic carbocycles. The zero-order chi connectivity index (χ0) is 19.2. The van der Waals surface area contributed by atoms with Gasteiger partial charge in [0.1, 0.15) is 5.52 Å². The van der Waals surface area contributed by atoms with E-state index in [1.807, 2.05) is 42.5 Å². The highest BCUT2D eigenvalue weighted by atomic mass is 32.2. The van der Waals surface area contributed by atoms with Gasteiger partial charge in [0.25, 0.3) is 5.22 Å². The third-order valence-electron chi connectivity index (χ3n) is 4.68. The first-order chi connectivity index (χ1) is 13.8. The number of carbonyl (C=O) groups is 1. The van der Waals surface area contributed by atoms with Crippen LogP contribution in [-0.2, 0) is 9.53 Å². The summed E-state index contributed by atoms with van der Waals surface area (Å²) in [7, 11) is 0. The molecule has 1 fully saturated rings. The first kappa shape index (κ1) is 19.0. The molecule has 6 nitrogen and oxygen atoms in total. The van der Waals surface area contributed by atoms with Crippen LogP contribution >= 0.6 is 11.8 Å². The second kappa shape index (κ2) is 9.23. The number of morpholine rings is 1. The number of carbonyl (C=O) groups excluding carboxylic acids is 1. The summed E-state index contributed by atoms with van der Waals surface area (Å²) in [5.74, 6) is 0.230. The van der Waals surface area contributed by atoms with E-state index in [0.717, 1.165) is 49.5 Å². The Labute approximate surface area is 168 Å². The van der Waals surface area contributed by atoms with Crippen LogP contribution in [0.4, 0.5) is 0 Å². The molecular weight excluding hydrogens is 374 g/mol. The van der Waals surface area contributed by atoms with E-state index in [9.17, 15) is 4.79 Å². The topological polar surface area (TPSA) is 67.6 Å². The molecule has 146 valence electrons. The van der Waals surface area contributed by atoms with Gasteiger partial charge in [-0.25, -0.2) is 4.98 Å². The smallest absolute Gasteiger partial charge is 0.257 e. The van der Waals surface area contributed by atoms with E-state index >= 15 is 0 Å². The molecule has 0 unspecified atom stereocenters. The predicted molar refractivity (Wildman–Crippen MR) is 109 cm³/mol. The van der Waals surface area contributed by atoms with Gasteiger partial charge in [-0.05, 0) is 17.7 Å². The summed E-state index contributed by atoms with van der Waals surface area (Å²) in [5, 5.41) is 3.69. The van der Waals surface area contributed by atoms with Crippen LogP contribution in [0.5, 0.6) is 0 Å². The molecule has 3 aromatic rings. The van der Waals surface area contributed by atoms with Gasteiger partial charge in [-0.3, -0.25) is 9.69 Å². The fourth-order valence-corrected chi connectivity index (χ4v) is 3.89. The maximum absolute atomic E-state index is 12.6. The highest BCUT2D eigenvalue weighted by Gasteiger charge is 2.20. The zero-order valence-corrected chi connectivity index (χ0v) is 16.4.